The molecule has 1 amide bonds. The number of benzene rings is 2. The van der Waals surface area contributed by atoms with Gasteiger partial charge in [0.05, 0.1) is 13.2 Å². The van der Waals surface area contributed by atoms with Gasteiger partial charge in [-0.2, -0.15) is 0 Å². The number of nitrogens with one attached hydrogen (secondary N) is 1. The zero-order valence-corrected chi connectivity index (χ0v) is 18.8. The van der Waals surface area contributed by atoms with Crippen LogP contribution in [0.25, 0.3) is 0 Å². The van der Waals surface area contributed by atoms with E-state index in [0.29, 0.717) is 19.3 Å². The minimum atomic E-state index is 0.0361. The summed E-state index contributed by atoms with van der Waals surface area (Å²) in [7, 11) is 0. The number of hydrogen-bond acceptors (Lipinski definition) is 4. The first-order chi connectivity index (χ1) is 15.7. The van der Waals surface area contributed by atoms with Gasteiger partial charge >= 0.3 is 0 Å². The molecule has 1 aliphatic carbocycles. The van der Waals surface area contributed by atoms with Crippen LogP contribution >= 0.6 is 0 Å². The third-order valence-electron chi connectivity index (χ3n) is 7.01. The number of ether oxygens (including phenoxy) is 1. The Hall–Kier alpha value is -2.50. The van der Waals surface area contributed by atoms with E-state index in [2.05, 4.69) is 40.5 Å². The molecule has 1 aliphatic heterocycles. The Bertz CT molecular complexity index is 870. The van der Waals surface area contributed by atoms with E-state index in [4.69, 9.17) is 4.74 Å². The first-order valence-corrected chi connectivity index (χ1v) is 11.9. The molecule has 2 aromatic rings. The van der Waals surface area contributed by atoms with Gasteiger partial charge in [-0.3, -0.25) is 14.5 Å². The molecule has 0 bridgehead atoms. The molecule has 2 aliphatic rings. The number of carbonyl (C=O) groups is 2. The van der Waals surface area contributed by atoms with Crippen LogP contribution in [0.4, 0.5) is 0 Å². The zero-order valence-electron chi connectivity index (χ0n) is 18.8. The van der Waals surface area contributed by atoms with Crippen molar-refractivity contribution in [2.75, 3.05) is 26.3 Å². The number of carbonyl (C=O) groups excluding carboxylic acids is 2. The van der Waals surface area contributed by atoms with Crippen LogP contribution < -0.4 is 5.32 Å². The van der Waals surface area contributed by atoms with Gasteiger partial charge in [-0.1, -0.05) is 60.7 Å². The Kier molecular flexibility index (Phi) is 7.72. The van der Waals surface area contributed by atoms with Gasteiger partial charge in [0.15, 0.2) is 5.78 Å². The Morgan fingerprint density at radius 1 is 0.906 bits per heavy atom. The SMILES string of the molecule is O=C(CCCC(=O)c1ccccc1)NC1CCC(c2ccccc2)(N2CCOCC2)CC1. The number of morpholine rings is 1. The summed E-state index contributed by atoms with van der Waals surface area (Å²) in [6.07, 6.45) is 5.43. The number of nitrogens with zero attached hydrogens (tertiary/aromatic N) is 1. The van der Waals surface area contributed by atoms with Gasteiger partial charge in [-0.15, -0.1) is 0 Å². The fourth-order valence-electron chi connectivity index (χ4n) is 5.24. The van der Waals surface area contributed by atoms with Crippen molar-refractivity contribution in [2.45, 2.75) is 56.5 Å². The average Bonchev–Trinajstić information content (AvgIpc) is 2.86. The predicted molar refractivity (Wildman–Crippen MR) is 126 cm³/mol. The van der Waals surface area contributed by atoms with Crippen LogP contribution in [0.5, 0.6) is 0 Å². The van der Waals surface area contributed by atoms with Crippen LogP contribution in [0.15, 0.2) is 60.7 Å². The summed E-state index contributed by atoms with van der Waals surface area (Å²) >= 11 is 0. The zero-order chi connectivity index (χ0) is 22.2. The molecule has 170 valence electrons. The van der Waals surface area contributed by atoms with Gasteiger partial charge in [0, 0.05) is 43.1 Å². The molecule has 4 rings (SSSR count). The van der Waals surface area contributed by atoms with Crippen molar-refractivity contribution in [3.05, 3.63) is 71.8 Å². The summed E-state index contributed by atoms with van der Waals surface area (Å²) in [5, 5.41) is 3.23. The van der Waals surface area contributed by atoms with Gasteiger partial charge in [-0.25, -0.2) is 0 Å². The number of hydrogen-bond donors (Lipinski definition) is 1. The third-order valence-corrected chi connectivity index (χ3v) is 7.01. The lowest BCUT2D eigenvalue weighted by Gasteiger charge is -2.50. The molecule has 0 spiro atoms. The second kappa shape index (κ2) is 10.9. The molecule has 1 saturated heterocycles. The average molecular weight is 435 g/mol. The molecular weight excluding hydrogens is 400 g/mol. The molecule has 0 atom stereocenters. The predicted octanol–water partition coefficient (Wildman–Crippen LogP) is 4.33. The van der Waals surface area contributed by atoms with E-state index in [0.717, 1.165) is 57.6 Å². The lowest BCUT2D eigenvalue weighted by molar-refractivity contribution is -0.122. The van der Waals surface area contributed by atoms with Gasteiger partial charge in [0.1, 0.15) is 0 Å². The molecule has 2 aromatic carbocycles. The second-order valence-electron chi connectivity index (χ2n) is 8.98. The highest BCUT2D eigenvalue weighted by Crippen LogP contribution is 2.42. The molecule has 2 fully saturated rings. The van der Waals surface area contributed by atoms with E-state index in [1.807, 2.05) is 30.3 Å². The van der Waals surface area contributed by atoms with Crippen molar-refractivity contribution in [3.63, 3.8) is 0 Å². The van der Waals surface area contributed by atoms with Gasteiger partial charge in [-0.05, 0) is 37.7 Å². The maximum absolute atomic E-state index is 12.5. The van der Waals surface area contributed by atoms with Crippen LogP contribution in [-0.4, -0.2) is 48.9 Å². The smallest absolute Gasteiger partial charge is 0.220 e. The highest BCUT2D eigenvalue weighted by Gasteiger charge is 2.42. The molecule has 1 heterocycles. The highest BCUT2D eigenvalue weighted by atomic mass is 16.5. The van der Waals surface area contributed by atoms with Crippen LogP contribution in [0.2, 0.25) is 0 Å². The molecule has 0 radical (unpaired) electrons. The number of Topliss-reactive ketones (excluding diaryl/α,β-unsaturated/α-hetero) is 1. The molecule has 5 nitrogen and oxygen atoms in total. The molecule has 1 N–H and O–H groups in total. The minimum Gasteiger partial charge on any atom is -0.379 e. The maximum Gasteiger partial charge on any atom is 0.220 e. The molecule has 0 unspecified atom stereocenters. The largest absolute Gasteiger partial charge is 0.379 e. The van der Waals surface area contributed by atoms with E-state index in [-0.39, 0.29) is 23.3 Å². The van der Waals surface area contributed by atoms with E-state index in [1.54, 1.807) is 0 Å². The van der Waals surface area contributed by atoms with Crippen LogP contribution in [-0.2, 0) is 15.1 Å². The van der Waals surface area contributed by atoms with E-state index in [1.165, 1.54) is 5.56 Å². The fourth-order valence-corrected chi connectivity index (χ4v) is 5.24. The summed E-state index contributed by atoms with van der Waals surface area (Å²) in [4.78, 5) is 27.3. The molecule has 5 heteroatoms. The van der Waals surface area contributed by atoms with E-state index < -0.39 is 0 Å². The van der Waals surface area contributed by atoms with Gasteiger partial charge < -0.3 is 10.1 Å². The highest BCUT2D eigenvalue weighted by molar-refractivity contribution is 5.96. The Morgan fingerprint density at radius 3 is 2.19 bits per heavy atom. The Labute approximate surface area is 191 Å². The van der Waals surface area contributed by atoms with Crippen LogP contribution in [0.1, 0.15) is 60.9 Å². The lowest BCUT2D eigenvalue weighted by Crippen LogP contribution is -2.54. The second-order valence-corrected chi connectivity index (χ2v) is 8.98. The molecular formula is C27H34N2O3. The lowest BCUT2D eigenvalue weighted by atomic mass is 9.73. The first kappa shape index (κ1) is 22.7. The van der Waals surface area contributed by atoms with Crippen LogP contribution in [0.3, 0.4) is 0 Å². The first-order valence-electron chi connectivity index (χ1n) is 11.9. The van der Waals surface area contributed by atoms with Gasteiger partial charge in [0.25, 0.3) is 0 Å². The van der Waals surface area contributed by atoms with Crippen molar-refractivity contribution < 1.29 is 14.3 Å². The quantitative estimate of drug-likeness (QED) is 0.629. The minimum absolute atomic E-state index is 0.0361. The Morgan fingerprint density at radius 2 is 1.53 bits per heavy atom. The van der Waals surface area contributed by atoms with E-state index in [9.17, 15) is 9.59 Å². The standard InChI is InChI=1S/C27H34N2O3/c30-25(22-8-3-1-4-9-22)12-7-13-26(31)28-24-14-16-27(17-15-24,23-10-5-2-6-11-23)29-18-20-32-21-19-29/h1-6,8-11,24H,7,12-21H2,(H,28,31). The fraction of sp³-hybridized carbons (Fsp3) is 0.481. The van der Waals surface area contributed by atoms with Crippen molar-refractivity contribution in [3.8, 4) is 0 Å². The van der Waals surface area contributed by atoms with Gasteiger partial charge in [0.2, 0.25) is 5.91 Å². The van der Waals surface area contributed by atoms with Crippen molar-refractivity contribution in [1.29, 1.82) is 0 Å². The summed E-state index contributed by atoms with van der Waals surface area (Å²) in [6, 6.07) is 20.3. The van der Waals surface area contributed by atoms with Crippen molar-refractivity contribution in [1.82, 2.24) is 10.2 Å². The summed E-state index contributed by atoms with van der Waals surface area (Å²) in [5.74, 6) is 0.170. The number of ketones is 1. The summed E-state index contributed by atoms with van der Waals surface area (Å²) in [6.45, 7) is 3.50. The van der Waals surface area contributed by atoms with Crippen molar-refractivity contribution in [2.24, 2.45) is 0 Å². The van der Waals surface area contributed by atoms with Crippen molar-refractivity contribution >= 4 is 11.7 Å². The molecule has 1 saturated carbocycles. The number of amides is 1. The maximum atomic E-state index is 12.5. The number of rotatable bonds is 8. The topological polar surface area (TPSA) is 58.6 Å². The monoisotopic (exact) mass is 434 g/mol. The van der Waals surface area contributed by atoms with Crippen LogP contribution in [0, 0.1) is 0 Å². The Balaban J connectivity index is 1.28. The third kappa shape index (κ3) is 5.45. The molecule has 32 heavy (non-hydrogen) atoms. The normalized spacial score (nSPS) is 24.1. The van der Waals surface area contributed by atoms with E-state index >= 15 is 0 Å². The summed E-state index contributed by atoms with van der Waals surface area (Å²) < 4.78 is 5.61. The summed E-state index contributed by atoms with van der Waals surface area (Å²) in [5.41, 5.74) is 2.14. The molecule has 0 aromatic heterocycles.